The molecule has 5 heteroatoms. The second kappa shape index (κ2) is 18.9. The summed E-state index contributed by atoms with van der Waals surface area (Å²) in [5.41, 5.74) is 10.4. The molecule has 0 atom stereocenters. The Labute approximate surface area is 418 Å². The first-order chi connectivity index (χ1) is 34.9. The summed E-state index contributed by atoms with van der Waals surface area (Å²) in [6.07, 6.45) is -0.545. The first kappa shape index (κ1) is 35.9. The van der Waals surface area contributed by atoms with Crippen molar-refractivity contribution in [3.05, 3.63) is 192 Å². The molecule has 0 spiro atoms. The zero-order valence-electron chi connectivity index (χ0n) is 47.7. The molecule has 0 fully saturated rings. The first-order valence-electron chi connectivity index (χ1n) is 26.7. The maximum absolute atomic E-state index is 12.4. The first-order valence-corrected chi connectivity index (χ1v) is 22.2. The van der Waals surface area contributed by atoms with Gasteiger partial charge in [-0.15, -0.1) is 23.8 Å². The van der Waals surface area contributed by atoms with Gasteiger partial charge in [0, 0.05) is 39.9 Å². The number of benzene rings is 7. The molecule has 0 aliphatic heterocycles. The van der Waals surface area contributed by atoms with Gasteiger partial charge in [0.15, 0.2) is 0 Å². The number of fused-ring (bicyclic) bond motifs is 1. The van der Waals surface area contributed by atoms with Crippen LogP contribution in [0.3, 0.4) is 0 Å². The summed E-state index contributed by atoms with van der Waals surface area (Å²) in [7, 11) is 0. The van der Waals surface area contributed by atoms with Gasteiger partial charge >= 0.3 is 0 Å². The summed E-state index contributed by atoms with van der Waals surface area (Å²) in [5, 5.41) is 12.4. The van der Waals surface area contributed by atoms with Gasteiger partial charge in [0.25, 0.3) is 0 Å². The molecule has 0 radical (unpaired) electrons. The average Bonchev–Trinajstić information content (AvgIpc) is 3.76. The van der Waals surface area contributed by atoms with E-state index < -0.39 is 54.4 Å². The van der Waals surface area contributed by atoms with Crippen molar-refractivity contribution in [1.82, 2.24) is 14.5 Å². The smallest absolute Gasteiger partial charge is 0.148 e. The summed E-state index contributed by atoms with van der Waals surface area (Å²) in [5.74, 6) is -0.216. The fourth-order valence-corrected chi connectivity index (χ4v) is 8.37. The summed E-state index contributed by atoms with van der Waals surface area (Å²) in [4.78, 5) is 10.0. The molecular formula is C61H58N3OPt-. The Balaban J connectivity index is 0.00000747. The number of hydrogen-bond acceptors (Lipinski definition) is 3. The van der Waals surface area contributed by atoms with Crippen LogP contribution in [0.2, 0.25) is 0 Å². The molecule has 0 unspecified atom stereocenters. The largest absolute Gasteiger partial charge is 0.507 e. The maximum atomic E-state index is 12.4. The van der Waals surface area contributed by atoms with Crippen LogP contribution in [0.1, 0.15) is 115 Å². The van der Waals surface area contributed by atoms with Crippen LogP contribution in [0, 0.1) is 6.07 Å². The normalized spacial score (nSPS) is 13.8. The molecule has 2 heterocycles. The Kier molecular flexibility index (Phi) is 10.2. The minimum Gasteiger partial charge on any atom is -0.507 e. The fourth-order valence-electron chi connectivity index (χ4n) is 8.37. The molecule has 4 nitrogen and oxygen atoms in total. The SMILES string of the molecule is [2H]c1nc(-c2[c-]c(-c3cccc4c3nc(-c3cc(C(C)C)cc(C(C)C)c3O)n4-c3ccc(C([2H])(C)C)cc3-c3ccc(C(C)(C)C)cc3)cc(-c3ccccc3)c2)c([2H])c(-c2c([2H])c([2H])c([2H])c([2H])c2[2H])c1[2H].[Pt]. The molecule has 66 heavy (non-hydrogen) atoms. The number of phenols is 1. The summed E-state index contributed by atoms with van der Waals surface area (Å²) in [6.45, 7) is 18.7. The van der Waals surface area contributed by atoms with Gasteiger partial charge in [-0.1, -0.05) is 194 Å². The third-order valence-corrected chi connectivity index (χ3v) is 12.1. The zero-order chi connectivity index (χ0) is 53.5. The molecule has 334 valence electrons. The van der Waals surface area contributed by atoms with Gasteiger partial charge in [-0.2, -0.15) is 0 Å². The van der Waals surface area contributed by atoms with E-state index in [9.17, 15) is 6.48 Å². The predicted octanol–water partition coefficient (Wildman–Crippen LogP) is 16.6. The molecule has 2 aromatic heterocycles. The fraction of sp³-hybridized carbons (Fsp3) is 0.213. The van der Waals surface area contributed by atoms with Gasteiger partial charge in [0.2, 0.25) is 0 Å². The summed E-state index contributed by atoms with van der Waals surface area (Å²) < 4.78 is 81.2. The predicted molar refractivity (Wildman–Crippen MR) is 273 cm³/mol. The van der Waals surface area contributed by atoms with Gasteiger partial charge in [0.1, 0.15) is 11.6 Å². The van der Waals surface area contributed by atoms with Crippen molar-refractivity contribution >= 4 is 11.0 Å². The molecule has 0 saturated carbocycles. The van der Waals surface area contributed by atoms with Crippen LogP contribution in [-0.4, -0.2) is 19.6 Å². The summed E-state index contributed by atoms with van der Waals surface area (Å²) in [6, 6.07) is 37.5. The van der Waals surface area contributed by atoms with Crippen molar-refractivity contribution in [3.8, 4) is 78.6 Å². The van der Waals surface area contributed by atoms with E-state index in [-0.39, 0.29) is 66.4 Å². The second-order valence-corrected chi connectivity index (χ2v) is 18.6. The minimum atomic E-state index is -0.927. The van der Waals surface area contributed by atoms with Crippen molar-refractivity contribution < 1.29 is 38.5 Å². The Morgan fingerprint density at radius 3 is 2.03 bits per heavy atom. The molecule has 9 rings (SSSR count). The molecule has 0 saturated heterocycles. The van der Waals surface area contributed by atoms with Crippen molar-refractivity contribution in [2.24, 2.45) is 0 Å². The van der Waals surface area contributed by atoms with Gasteiger partial charge in [-0.05, 0) is 98.0 Å². The zero-order valence-corrected chi connectivity index (χ0v) is 41.0. The number of rotatable bonds is 10. The van der Waals surface area contributed by atoms with E-state index in [4.69, 9.17) is 16.0 Å². The van der Waals surface area contributed by atoms with Crippen LogP contribution < -0.4 is 0 Å². The van der Waals surface area contributed by atoms with E-state index >= 15 is 0 Å². The number of pyridine rings is 1. The van der Waals surface area contributed by atoms with Crippen molar-refractivity contribution in [2.45, 2.75) is 85.5 Å². The molecule has 7 aromatic carbocycles. The number of phenolic OH excluding ortho intramolecular Hbond substituents is 1. The van der Waals surface area contributed by atoms with E-state index in [0.29, 0.717) is 39.1 Å². The van der Waals surface area contributed by atoms with Crippen molar-refractivity contribution in [1.29, 1.82) is 0 Å². The van der Waals surface area contributed by atoms with Gasteiger partial charge < -0.3 is 5.11 Å². The van der Waals surface area contributed by atoms with E-state index in [0.717, 1.165) is 39.1 Å². The van der Waals surface area contributed by atoms with Gasteiger partial charge in [-0.25, -0.2) is 4.98 Å². The Bertz CT molecular complexity index is 3660. The Morgan fingerprint density at radius 1 is 0.636 bits per heavy atom. The number of para-hydroxylation sites is 1. The van der Waals surface area contributed by atoms with E-state index in [2.05, 4.69) is 100 Å². The van der Waals surface area contributed by atoms with Crippen molar-refractivity contribution in [2.75, 3.05) is 0 Å². The van der Waals surface area contributed by atoms with Crippen LogP contribution in [0.5, 0.6) is 5.75 Å². The molecule has 0 aliphatic rings. The van der Waals surface area contributed by atoms with E-state index in [1.165, 1.54) is 5.56 Å². The third kappa shape index (κ3) is 9.09. The molecule has 0 aliphatic carbocycles. The topological polar surface area (TPSA) is 50.9 Å². The van der Waals surface area contributed by atoms with Gasteiger partial charge in [-0.3, -0.25) is 9.55 Å². The minimum absolute atomic E-state index is 0. The molecular weight excluding hydrogens is 986 g/mol. The van der Waals surface area contributed by atoms with Crippen LogP contribution in [0.4, 0.5) is 0 Å². The number of hydrogen-bond donors (Lipinski definition) is 1. The van der Waals surface area contributed by atoms with Crippen LogP contribution in [0.25, 0.3) is 83.9 Å². The van der Waals surface area contributed by atoms with Gasteiger partial charge in [0.05, 0.1) is 33.3 Å². The van der Waals surface area contributed by atoms with E-state index in [1.54, 1.807) is 6.07 Å². The summed E-state index contributed by atoms with van der Waals surface area (Å²) >= 11 is 0. The number of aromatic nitrogens is 3. The monoisotopic (exact) mass is 1050 g/mol. The van der Waals surface area contributed by atoms with Crippen LogP contribution >= 0.6 is 0 Å². The number of imidazole rings is 1. The Hall–Kier alpha value is -6.35. The molecule has 9 aromatic rings. The molecule has 0 bridgehead atoms. The van der Waals surface area contributed by atoms with Crippen molar-refractivity contribution in [3.63, 3.8) is 0 Å². The van der Waals surface area contributed by atoms with Crippen LogP contribution in [0.15, 0.2) is 164 Å². The maximum Gasteiger partial charge on any atom is 0.148 e. The van der Waals surface area contributed by atoms with E-state index in [1.807, 2.05) is 86.6 Å². The molecule has 0 amide bonds. The second-order valence-electron chi connectivity index (χ2n) is 18.6. The Morgan fingerprint density at radius 2 is 1.35 bits per heavy atom. The molecule has 1 N–H and O–H groups in total. The van der Waals surface area contributed by atoms with Crippen LogP contribution in [-0.2, 0) is 26.5 Å². The third-order valence-electron chi connectivity index (χ3n) is 12.1. The standard InChI is InChI=1S/C61H58N3O.Pt/c1-38(2)44-25-28-56(53(34-44)43-23-26-50(27-24-43)61(7,8)9)64-57-22-16-21-51(58(57)63-60(64)54-36-46(39(3)4)35-52(40(5)6)59(54)65)48-31-47(42-19-14-11-15-20-42)32-49(33-48)55-37-45(29-30-62-55)41-17-12-10-13-18-41;/h10-32,34-40,65H,1-9H3;/q-1;/i10D,12D,13D,17D,18D,29D,30D,37D,38D;. The number of nitrogens with zero attached hydrogens (tertiary/aromatic N) is 3. The number of aromatic hydroxyl groups is 1. The quantitative estimate of drug-likeness (QED) is 0.139. The average molecular weight is 1050 g/mol.